The molecule has 0 heterocycles. The molecule has 0 amide bonds. The fourth-order valence-electron chi connectivity index (χ4n) is 1.87. The maximum Gasteiger partial charge on any atom is 0.228 e. The van der Waals surface area contributed by atoms with E-state index in [1.54, 1.807) is 13.0 Å². The zero-order valence-corrected chi connectivity index (χ0v) is 8.50. The summed E-state index contributed by atoms with van der Waals surface area (Å²) >= 11 is 0. The molecule has 1 aromatic carbocycles. The van der Waals surface area contributed by atoms with Crippen LogP contribution in [0.25, 0.3) is 0 Å². The lowest BCUT2D eigenvalue weighted by molar-refractivity contribution is 0.0939. The molecule has 1 aliphatic rings. The van der Waals surface area contributed by atoms with Crippen LogP contribution in [-0.4, -0.2) is 16.7 Å². The Morgan fingerprint density at radius 1 is 1.13 bits per heavy atom. The SMILES string of the molecule is Cc1cc(C)c2c(c1)C(=O)C(O)=CC2=O. The highest BCUT2D eigenvalue weighted by atomic mass is 16.3. The van der Waals surface area contributed by atoms with Crippen molar-refractivity contribution >= 4 is 11.6 Å². The van der Waals surface area contributed by atoms with Crippen molar-refractivity contribution in [1.29, 1.82) is 0 Å². The Morgan fingerprint density at radius 2 is 1.80 bits per heavy atom. The summed E-state index contributed by atoms with van der Waals surface area (Å²) in [6.45, 7) is 3.63. The van der Waals surface area contributed by atoms with E-state index >= 15 is 0 Å². The van der Waals surface area contributed by atoms with Gasteiger partial charge in [-0.15, -0.1) is 0 Å². The van der Waals surface area contributed by atoms with Crippen molar-refractivity contribution in [1.82, 2.24) is 0 Å². The van der Waals surface area contributed by atoms with Crippen molar-refractivity contribution in [3.05, 3.63) is 46.2 Å². The minimum absolute atomic E-state index is 0.303. The van der Waals surface area contributed by atoms with Crippen LogP contribution in [0.2, 0.25) is 0 Å². The third kappa shape index (κ3) is 1.36. The van der Waals surface area contributed by atoms with Crippen LogP contribution in [-0.2, 0) is 0 Å². The number of benzene rings is 1. The molecule has 0 saturated carbocycles. The van der Waals surface area contributed by atoms with Crippen molar-refractivity contribution in [2.75, 3.05) is 0 Å². The molecule has 1 aromatic rings. The molecule has 1 aliphatic carbocycles. The van der Waals surface area contributed by atoms with Gasteiger partial charge in [0.25, 0.3) is 0 Å². The number of aliphatic hydroxyl groups is 1. The lowest BCUT2D eigenvalue weighted by atomic mass is 9.89. The Balaban J connectivity index is 2.78. The zero-order valence-electron chi connectivity index (χ0n) is 8.50. The lowest BCUT2D eigenvalue weighted by Gasteiger charge is -2.14. The van der Waals surface area contributed by atoms with E-state index in [2.05, 4.69) is 0 Å². The molecule has 0 unspecified atom stereocenters. The van der Waals surface area contributed by atoms with E-state index in [0.717, 1.165) is 17.2 Å². The van der Waals surface area contributed by atoms with Crippen LogP contribution >= 0.6 is 0 Å². The van der Waals surface area contributed by atoms with Gasteiger partial charge in [-0.25, -0.2) is 0 Å². The molecule has 15 heavy (non-hydrogen) atoms. The summed E-state index contributed by atoms with van der Waals surface area (Å²) in [7, 11) is 0. The van der Waals surface area contributed by atoms with E-state index in [4.69, 9.17) is 0 Å². The highest BCUT2D eigenvalue weighted by Crippen LogP contribution is 2.24. The number of carbonyl (C=O) groups excluding carboxylic acids is 2. The number of rotatable bonds is 0. The number of aliphatic hydroxyl groups excluding tert-OH is 1. The quantitative estimate of drug-likeness (QED) is 0.701. The van der Waals surface area contributed by atoms with E-state index in [9.17, 15) is 14.7 Å². The van der Waals surface area contributed by atoms with Gasteiger partial charge < -0.3 is 5.11 Å². The van der Waals surface area contributed by atoms with Gasteiger partial charge in [-0.1, -0.05) is 11.6 Å². The van der Waals surface area contributed by atoms with E-state index < -0.39 is 11.5 Å². The monoisotopic (exact) mass is 202 g/mol. The van der Waals surface area contributed by atoms with E-state index in [0.29, 0.717) is 11.1 Å². The Kier molecular flexibility index (Phi) is 1.96. The van der Waals surface area contributed by atoms with Crippen molar-refractivity contribution in [2.24, 2.45) is 0 Å². The third-order valence-corrected chi connectivity index (χ3v) is 2.47. The van der Waals surface area contributed by atoms with Gasteiger partial charge in [-0.2, -0.15) is 0 Å². The van der Waals surface area contributed by atoms with Crippen LogP contribution in [0.3, 0.4) is 0 Å². The van der Waals surface area contributed by atoms with Crippen LogP contribution < -0.4 is 0 Å². The smallest absolute Gasteiger partial charge is 0.228 e. The van der Waals surface area contributed by atoms with Gasteiger partial charge in [-0.05, 0) is 25.5 Å². The van der Waals surface area contributed by atoms with Gasteiger partial charge in [0, 0.05) is 17.2 Å². The van der Waals surface area contributed by atoms with Crippen LogP contribution in [0.5, 0.6) is 0 Å². The van der Waals surface area contributed by atoms with Crippen LogP contribution in [0.1, 0.15) is 31.8 Å². The number of hydrogen-bond donors (Lipinski definition) is 1. The molecule has 3 nitrogen and oxygen atoms in total. The first-order chi connectivity index (χ1) is 7.00. The molecule has 76 valence electrons. The molecular formula is C12H10O3. The van der Waals surface area contributed by atoms with Crippen molar-refractivity contribution in [2.45, 2.75) is 13.8 Å². The van der Waals surface area contributed by atoms with Gasteiger partial charge in [0.1, 0.15) is 0 Å². The number of Topliss-reactive ketones (excluding diaryl/α,β-unsaturated/α-hetero) is 1. The topological polar surface area (TPSA) is 54.4 Å². The number of allylic oxidation sites excluding steroid dienone is 2. The fraction of sp³-hybridized carbons (Fsp3) is 0.167. The first-order valence-corrected chi connectivity index (χ1v) is 4.61. The van der Waals surface area contributed by atoms with E-state index in [1.165, 1.54) is 0 Å². The second-order valence-electron chi connectivity index (χ2n) is 3.73. The maximum absolute atomic E-state index is 11.6. The van der Waals surface area contributed by atoms with Crippen molar-refractivity contribution in [3.8, 4) is 0 Å². The summed E-state index contributed by atoms with van der Waals surface area (Å²) in [6, 6.07) is 3.48. The standard InChI is InChI=1S/C12H10O3/c1-6-3-7(2)11-8(4-6)12(15)10(14)5-9(11)13/h3-5,14H,1-2H3. The number of aryl methyl sites for hydroxylation is 2. The Morgan fingerprint density at radius 3 is 2.47 bits per heavy atom. The molecule has 0 aliphatic heterocycles. The largest absolute Gasteiger partial charge is 0.504 e. The Hall–Kier alpha value is -1.90. The first-order valence-electron chi connectivity index (χ1n) is 4.61. The molecule has 0 bridgehead atoms. The molecule has 0 fully saturated rings. The van der Waals surface area contributed by atoms with E-state index in [1.807, 2.05) is 13.0 Å². The minimum atomic E-state index is -0.476. The minimum Gasteiger partial charge on any atom is -0.504 e. The molecule has 0 radical (unpaired) electrons. The second kappa shape index (κ2) is 3.05. The fourth-order valence-corrected chi connectivity index (χ4v) is 1.87. The van der Waals surface area contributed by atoms with Gasteiger partial charge in [0.15, 0.2) is 11.5 Å². The summed E-state index contributed by atoms with van der Waals surface area (Å²) in [6.07, 6.45) is 0.979. The Labute approximate surface area is 87.0 Å². The number of ketones is 2. The zero-order chi connectivity index (χ0) is 11.2. The molecule has 2 rings (SSSR count). The first kappa shape index (κ1) is 9.65. The maximum atomic E-state index is 11.6. The number of fused-ring (bicyclic) bond motifs is 1. The summed E-state index contributed by atoms with van der Waals surface area (Å²) in [5, 5.41) is 9.27. The van der Waals surface area contributed by atoms with Gasteiger partial charge in [-0.3, -0.25) is 9.59 Å². The normalized spacial score (nSPS) is 14.9. The van der Waals surface area contributed by atoms with Gasteiger partial charge in [0.05, 0.1) is 0 Å². The predicted molar refractivity (Wildman–Crippen MR) is 55.3 cm³/mol. The Bertz CT molecular complexity index is 510. The van der Waals surface area contributed by atoms with Crippen molar-refractivity contribution < 1.29 is 14.7 Å². The molecule has 3 heteroatoms. The average Bonchev–Trinajstić information content (AvgIpc) is 2.12. The van der Waals surface area contributed by atoms with Gasteiger partial charge >= 0.3 is 0 Å². The molecule has 0 atom stereocenters. The highest BCUT2D eigenvalue weighted by Gasteiger charge is 2.26. The van der Waals surface area contributed by atoms with Crippen LogP contribution in [0.15, 0.2) is 24.0 Å². The molecule has 0 saturated heterocycles. The average molecular weight is 202 g/mol. The summed E-state index contributed by atoms with van der Waals surface area (Å²) < 4.78 is 0. The molecule has 0 spiro atoms. The summed E-state index contributed by atoms with van der Waals surface area (Å²) in [5.41, 5.74) is 2.38. The van der Waals surface area contributed by atoms with E-state index in [-0.39, 0.29) is 5.78 Å². The highest BCUT2D eigenvalue weighted by molar-refractivity contribution is 6.24. The second-order valence-corrected chi connectivity index (χ2v) is 3.73. The number of hydrogen-bond acceptors (Lipinski definition) is 3. The summed E-state index contributed by atoms with van der Waals surface area (Å²) in [4.78, 5) is 23.2. The molecule has 0 aromatic heterocycles. The van der Waals surface area contributed by atoms with Gasteiger partial charge in [0.2, 0.25) is 5.78 Å². The third-order valence-electron chi connectivity index (χ3n) is 2.47. The van der Waals surface area contributed by atoms with Crippen LogP contribution in [0.4, 0.5) is 0 Å². The van der Waals surface area contributed by atoms with Crippen molar-refractivity contribution in [3.63, 3.8) is 0 Å². The molecule has 1 N–H and O–H groups in total. The molecular weight excluding hydrogens is 192 g/mol. The summed E-state index contributed by atoms with van der Waals surface area (Å²) in [5.74, 6) is -1.26. The van der Waals surface area contributed by atoms with Crippen LogP contribution in [0, 0.1) is 13.8 Å². The number of carbonyl (C=O) groups is 2. The lowest BCUT2D eigenvalue weighted by Crippen LogP contribution is -2.18. The predicted octanol–water partition coefficient (Wildman–Crippen LogP) is 2.12.